The number of carbonyl (C=O) groups is 2. The SMILES string of the molecule is Cc1ccc(C)c(Oc2coc3cc(OCC(=O)Nc4ccc(Cl)cc4C(=O)c4ccccc4)ccc3c2=O)c1. The van der Waals surface area contributed by atoms with Crippen LogP contribution in [-0.4, -0.2) is 18.3 Å². The molecule has 0 spiro atoms. The Bertz CT molecular complexity index is 1800. The summed E-state index contributed by atoms with van der Waals surface area (Å²) < 4.78 is 17.1. The van der Waals surface area contributed by atoms with Crippen LogP contribution < -0.4 is 20.2 Å². The van der Waals surface area contributed by atoms with E-state index in [1.165, 1.54) is 18.4 Å². The van der Waals surface area contributed by atoms with E-state index in [4.69, 9.17) is 25.5 Å². The summed E-state index contributed by atoms with van der Waals surface area (Å²) in [5.41, 5.74) is 2.89. The van der Waals surface area contributed by atoms with Gasteiger partial charge in [-0.2, -0.15) is 0 Å². The van der Waals surface area contributed by atoms with Crippen molar-refractivity contribution in [1.82, 2.24) is 0 Å². The van der Waals surface area contributed by atoms with Crippen LogP contribution in [0.4, 0.5) is 5.69 Å². The van der Waals surface area contributed by atoms with E-state index < -0.39 is 5.91 Å². The Morgan fingerprint density at radius 1 is 0.900 bits per heavy atom. The van der Waals surface area contributed by atoms with E-state index in [0.717, 1.165) is 11.1 Å². The van der Waals surface area contributed by atoms with Crippen LogP contribution >= 0.6 is 11.6 Å². The average Bonchev–Trinajstić information content (AvgIpc) is 2.96. The maximum atomic E-state index is 13.0. The van der Waals surface area contributed by atoms with Crippen molar-refractivity contribution < 1.29 is 23.5 Å². The number of fused-ring (bicyclic) bond motifs is 1. The van der Waals surface area contributed by atoms with Gasteiger partial charge in [-0.1, -0.05) is 54.1 Å². The molecule has 0 unspecified atom stereocenters. The molecule has 7 nitrogen and oxygen atoms in total. The highest BCUT2D eigenvalue weighted by atomic mass is 35.5. The van der Waals surface area contributed by atoms with Crippen molar-refractivity contribution in [2.24, 2.45) is 0 Å². The highest BCUT2D eigenvalue weighted by Crippen LogP contribution is 2.27. The van der Waals surface area contributed by atoms with Crippen LogP contribution in [0.1, 0.15) is 27.0 Å². The number of halogens is 1. The number of benzene rings is 4. The first-order valence-corrected chi connectivity index (χ1v) is 12.8. The second-order valence-corrected chi connectivity index (χ2v) is 9.62. The normalized spacial score (nSPS) is 10.8. The Kier molecular flexibility index (Phi) is 7.66. The molecule has 8 heteroatoms. The Hall–Kier alpha value is -4.88. The molecule has 0 aliphatic carbocycles. The van der Waals surface area contributed by atoms with Crippen LogP contribution in [0, 0.1) is 13.8 Å². The van der Waals surface area contributed by atoms with E-state index in [1.54, 1.807) is 48.5 Å². The topological polar surface area (TPSA) is 94.8 Å². The molecule has 0 fully saturated rings. The summed E-state index contributed by atoms with van der Waals surface area (Å²) >= 11 is 6.12. The summed E-state index contributed by atoms with van der Waals surface area (Å²) in [4.78, 5) is 38.7. The predicted molar refractivity (Wildman–Crippen MR) is 154 cm³/mol. The minimum atomic E-state index is -0.483. The molecule has 200 valence electrons. The smallest absolute Gasteiger partial charge is 0.262 e. The monoisotopic (exact) mass is 553 g/mol. The molecule has 1 N–H and O–H groups in total. The molecule has 0 radical (unpaired) electrons. The van der Waals surface area contributed by atoms with Crippen molar-refractivity contribution in [2.75, 3.05) is 11.9 Å². The first-order chi connectivity index (χ1) is 19.3. The zero-order valence-corrected chi connectivity index (χ0v) is 22.5. The quantitative estimate of drug-likeness (QED) is 0.206. The molecule has 0 saturated carbocycles. The number of aryl methyl sites for hydroxylation is 2. The summed E-state index contributed by atoms with van der Waals surface area (Å²) in [6.07, 6.45) is 1.26. The van der Waals surface area contributed by atoms with Crippen LogP contribution in [0.15, 0.2) is 100 Å². The molecule has 1 heterocycles. The predicted octanol–water partition coefficient (Wildman–Crippen LogP) is 7.10. The Morgan fingerprint density at radius 2 is 1.70 bits per heavy atom. The fourth-order valence-corrected chi connectivity index (χ4v) is 4.25. The molecule has 0 aliphatic rings. The fourth-order valence-electron chi connectivity index (χ4n) is 4.08. The molecule has 5 aromatic rings. The van der Waals surface area contributed by atoms with E-state index in [9.17, 15) is 14.4 Å². The molecule has 0 atom stereocenters. The molecular formula is C32H24ClNO6. The molecule has 1 aromatic heterocycles. The van der Waals surface area contributed by atoms with E-state index >= 15 is 0 Å². The molecule has 40 heavy (non-hydrogen) atoms. The van der Waals surface area contributed by atoms with Gasteiger partial charge in [0.25, 0.3) is 5.91 Å². The Morgan fingerprint density at radius 3 is 2.50 bits per heavy atom. The van der Waals surface area contributed by atoms with Gasteiger partial charge in [0, 0.05) is 22.2 Å². The molecule has 4 aromatic carbocycles. The van der Waals surface area contributed by atoms with Crippen LogP contribution in [0.25, 0.3) is 11.0 Å². The summed E-state index contributed by atoms with van der Waals surface area (Å²) in [6, 6.07) is 23.8. The van der Waals surface area contributed by atoms with E-state index in [-0.39, 0.29) is 34.7 Å². The molecule has 0 aliphatic heterocycles. The highest BCUT2D eigenvalue weighted by Gasteiger charge is 2.17. The third-order valence-electron chi connectivity index (χ3n) is 6.18. The zero-order chi connectivity index (χ0) is 28.2. The summed E-state index contributed by atoms with van der Waals surface area (Å²) in [7, 11) is 0. The number of ketones is 1. The minimum absolute atomic E-state index is 0.0677. The van der Waals surface area contributed by atoms with Gasteiger partial charge in [0.2, 0.25) is 11.2 Å². The average molecular weight is 554 g/mol. The second kappa shape index (κ2) is 11.5. The molecule has 0 saturated heterocycles. The van der Waals surface area contributed by atoms with Crippen LogP contribution in [0.2, 0.25) is 5.02 Å². The number of hydrogen-bond donors (Lipinski definition) is 1. The van der Waals surface area contributed by atoms with Crippen LogP contribution in [-0.2, 0) is 4.79 Å². The molecular weight excluding hydrogens is 530 g/mol. The molecule has 1 amide bonds. The number of rotatable bonds is 8. The first-order valence-electron chi connectivity index (χ1n) is 12.4. The lowest BCUT2D eigenvalue weighted by Gasteiger charge is -2.12. The van der Waals surface area contributed by atoms with Gasteiger partial charge >= 0.3 is 0 Å². The van der Waals surface area contributed by atoms with Gasteiger partial charge in [0.1, 0.15) is 23.3 Å². The van der Waals surface area contributed by atoms with Gasteiger partial charge in [-0.05, 0) is 61.4 Å². The maximum Gasteiger partial charge on any atom is 0.262 e. The maximum absolute atomic E-state index is 13.0. The first kappa shape index (κ1) is 26.7. The summed E-state index contributed by atoms with van der Waals surface area (Å²) in [6.45, 7) is 3.49. The van der Waals surface area contributed by atoms with Crippen molar-refractivity contribution >= 4 is 39.9 Å². The van der Waals surface area contributed by atoms with Crippen molar-refractivity contribution in [2.45, 2.75) is 13.8 Å². The lowest BCUT2D eigenvalue weighted by Crippen LogP contribution is -2.21. The number of nitrogens with one attached hydrogen (secondary N) is 1. The zero-order valence-electron chi connectivity index (χ0n) is 21.7. The van der Waals surface area contributed by atoms with Crippen molar-refractivity contribution in [3.63, 3.8) is 0 Å². The van der Waals surface area contributed by atoms with Crippen molar-refractivity contribution in [3.8, 4) is 17.2 Å². The number of carbonyl (C=O) groups excluding carboxylic acids is 2. The van der Waals surface area contributed by atoms with Crippen LogP contribution in [0.5, 0.6) is 17.2 Å². The lowest BCUT2D eigenvalue weighted by atomic mass is 10.0. The summed E-state index contributed by atoms with van der Waals surface area (Å²) in [5.74, 6) is 0.212. The standard InChI is InChI=1S/C32H24ClNO6/c1-19-8-9-20(2)27(14-19)40-29-17-39-28-16-23(11-12-24(28)32(29)37)38-18-30(35)34-26-13-10-22(33)15-25(26)31(36)21-6-4-3-5-7-21/h3-17H,18H2,1-2H3,(H,34,35). The van der Waals surface area contributed by atoms with Gasteiger partial charge in [-0.15, -0.1) is 0 Å². The number of ether oxygens (including phenoxy) is 2. The minimum Gasteiger partial charge on any atom is -0.484 e. The Labute approximate surface area is 234 Å². The fraction of sp³-hybridized carbons (Fsp3) is 0.0938. The third kappa shape index (κ3) is 5.90. The summed E-state index contributed by atoms with van der Waals surface area (Å²) in [5, 5.41) is 3.39. The van der Waals surface area contributed by atoms with Gasteiger partial charge in [0.05, 0.1) is 11.1 Å². The lowest BCUT2D eigenvalue weighted by molar-refractivity contribution is -0.118. The molecule has 5 rings (SSSR count). The second-order valence-electron chi connectivity index (χ2n) is 9.18. The highest BCUT2D eigenvalue weighted by molar-refractivity contribution is 6.31. The van der Waals surface area contributed by atoms with Crippen LogP contribution in [0.3, 0.4) is 0 Å². The van der Waals surface area contributed by atoms with Gasteiger partial charge in [0.15, 0.2) is 12.4 Å². The van der Waals surface area contributed by atoms with Gasteiger partial charge in [-0.25, -0.2) is 0 Å². The van der Waals surface area contributed by atoms with Crippen molar-refractivity contribution in [1.29, 1.82) is 0 Å². The van der Waals surface area contributed by atoms with Gasteiger partial charge < -0.3 is 19.2 Å². The van der Waals surface area contributed by atoms with Gasteiger partial charge in [-0.3, -0.25) is 14.4 Å². The third-order valence-corrected chi connectivity index (χ3v) is 6.42. The number of hydrogen-bond acceptors (Lipinski definition) is 6. The largest absolute Gasteiger partial charge is 0.484 e. The van der Waals surface area contributed by atoms with E-state index in [1.807, 2.05) is 38.1 Å². The van der Waals surface area contributed by atoms with E-state index in [0.29, 0.717) is 33.2 Å². The molecule has 0 bridgehead atoms. The van der Waals surface area contributed by atoms with E-state index in [2.05, 4.69) is 5.32 Å². The number of anilines is 1. The van der Waals surface area contributed by atoms with Crippen molar-refractivity contribution in [3.05, 3.63) is 129 Å². The Balaban J connectivity index is 1.28. The number of amides is 1.